The van der Waals surface area contributed by atoms with Gasteiger partial charge in [0.15, 0.2) is 22.9 Å². The van der Waals surface area contributed by atoms with Gasteiger partial charge in [-0.1, -0.05) is 48.0 Å². The number of ketones is 1. The molecular formula is C26H23NO5. The van der Waals surface area contributed by atoms with Gasteiger partial charge in [0.05, 0.1) is 18.7 Å². The monoisotopic (exact) mass is 429 g/mol. The van der Waals surface area contributed by atoms with Crippen LogP contribution in [0.3, 0.4) is 0 Å². The molecule has 1 atom stereocenters. The van der Waals surface area contributed by atoms with Crippen molar-refractivity contribution in [3.63, 3.8) is 0 Å². The number of hydrogen-bond acceptors (Lipinski definition) is 5. The minimum atomic E-state index is -1.93. The van der Waals surface area contributed by atoms with Gasteiger partial charge in [-0.3, -0.25) is 9.59 Å². The molecule has 0 aliphatic carbocycles. The molecule has 0 fully saturated rings. The van der Waals surface area contributed by atoms with Crippen LogP contribution in [0.15, 0.2) is 66.7 Å². The second-order valence-electron chi connectivity index (χ2n) is 8.22. The van der Waals surface area contributed by atoms with E-state index in [1.807, 2.05) is 37.3 Å². The van der Waals surface area contributed by atoms with Crippen LogP contribution in [0, 0.1) is 6.92 Å². The van der Waals surface area contributed by atoms with Gasteiger partial charge in [0, 0.05) is 11.1 Å². The van der Waals surface area contributed by atoms with Crippen LogP contribution < -0.4 is 14.4 Å². The van der Waals surface area contributed by atoms with Gasteiger partial charge in [-0.05, 0) is 36.8 Å². The van der Waals surface area contributed by atoms with Crippen LogP contribution in [0.1, 0.15) is 33.5 Å². The number of aliphatic hydroxyl groups is 1. The van der Waals surface area contributed by atoms with Crippen LogP contribution in [0.25, 0.3) is 0 Å². The smallest absolute Gasteiger partial charge is 0.264 e. The van der Waals surface area contributed by atoms with Gasteiger partial charge in [0.1, 0.15) is 13.2 Å². The van der Waals surface area contributed by atoms with E-state index < -0.39 is 11.5 Å². The number of hydrogen-bond donors (Lipinski definition) is 1. The fraction of sp³-hybridized carbons (Fsp3) is 0.231. The van der Waals surface area contributed by atoms with Crippen molar-refractivity contribution in [2.24, 2.45) is 0 Å². The summed E-state index contributed by atoms with van der Waals surface area (Å²) in [5.74, 6) is 0.238. The number of anilines is 1. The van der Waals surface area contributed by atoms with Crippen molar-refractivity contribution in [2.45, 2.75) is 25.5 Å². The van der Waals surface area contributed by atoms with Gasteiger partial charge in [-0.25, -0.2) is 0 Å². The number of carbonyl (C=O) groups is 2. The van der Waals surface area contributed by atoms with Crippen molar-refractivity contribution in [3.05, 3.63) is 89.0 Å². The van der Waals surface area contributed by atoms with E-state index in [0.29, 0.717) is 48.1 Å². The molecular weight excluding hydrogens is 406 g/mol. The van der Waals surface area contributed by atoms with E-state index in [1.165, 1.54) is 0 Å². The quantitative estimate of drug-likeness (QED) is 0.625. The Bertz CT molecular complexity index is 1220. The van der Waals surface area contributed by atoms with Gasteiger partial charge in [-0.15, -0.1) is 0 Å². The molecule has 0 saturated heterocycles. The van der Waals surface area contributed by atoms with Gasteiger partial charge < -0.3 is 19.5 Å². The summed E-state index contributed by atoms with van der Waals surface area (Å²) >= 11 is 0. The summed E-state index contributed by atoms with van der Waals surface area (Å²) in [7, 11) is 0. The van der Waals surface area contributed by atoms with Crippen LogP contribution >= 0.6 is 0 Å². The van der Waals surface area contributed by atoms with Crippen LogP contribution in [-0.2, 0) is 16.9 Å². The molecule has 2 heterocycles. The number of Topliss-reactive ketones (excluding diaryl/α,β-unsaturated/α-hetero) is 1. The summed E-state index contributed by atoms with van der Waals surface area (Å²) in [5.41, 5.74) is 1.55. The Kier molecular flexibility index (Phi) is 4.94. The maximum Gasteiger partial charge on any atom is 0.264 e. The first kappa shape index (κ1) is 20.3. The fourth-order valence-electron chi connectivity index (χ4n) is 4.38. The Balaban J connectivity index is 1.45. The minimum absolute atomic E-state index is 0.318. The number of aryl methyl sites for hydroxylation is 1. The van der Waals surface area contributed by atoms with Gasteiger partial charge in [-0.2, -0.15) is 0 Å². The lowest BCUT2D eigenvalue weighted by atomic mass is 9.88. The van der Waals surface area contributed by atoms with E-state index in [-0.39, 0.29) is 12.2 Å². The highest BCUT2D eigenvalue weighted by Crippen LogP contribution is 2.44. The van der Waals surface area contributed by atoms with E-state index in [4.69, 9.17) is 9.47 Å². The van der Waals surface area contributed by atoms with Crippen LogP contribution in [0.2, 0.25) is 0 Å². The van der Waals surface area contributed by atoms with Gasteiger partial charge in [0.25, 0.3) is 5.91 Å². The topological polar surface area (TPSA) is 76.1 Å². The molecule has 32 heavy (non-hydrogen) atoms. The highest BCUT2D eigenvalue weighted by atomic mass is 16.6. The third-order valence-electron chi connectivity index (χ3n) is 5.94. The first-order valence-corrected chi connectivity index (χ1v) is 10.6. The lowest BCUT2D eigenvalue weighted by molar-refractivity contribution is -0.136. The minimum Gasteiger partial charge on any atom is -0.486 e. The standard InChI is InChI=1S/C26H23NO5/c1-17-5-4-6-18(13-17)16-27-21-8-3-2-7-20(21)26(30,25(27)29)15-22(28)19-9-10-23-24(14-19)32-12-11-31-23/h2-10,13-14,30H,11-12,15-16H2,1H3/t26-/m1/s1. The molecule has 6 nitrogen and oxygen atoms in total. The number of amides is 1. The molecule has 2 aliphatic rings. The molecule has 0 bridgehead atoms. The highest BCUT2D eigenvalue weighted by molar-refractivity contribution is 6.10. The number of para-hydroxylation sites is 1. The molecule has 3 aromatic rings. The van der Waals surface area contributed by atoms with Crippen molar-refractivity contribution in [1.82, 2.24) is 0 Å². The van der Waals surface area contributed by atoms with Crippen LogP contribution in [0.5, 0.6) is 11.5 Å². The molecule has 162 valence electrons. The molecule has 1 N–H and O–H groups in total. The van der Waals surface area contributed by atoms with E-state index in [2.05, 4.69) is 0 Å². The SMILES string of the molecule is Cc1cccc(CN2C(=O)[C@@](O)(CC(=O)c3ccc4c(c3)OCCO4)c3ccccc32)c1. The van der Waals surface area contributed by atoms with Gasteiger partial charge in [0.2, 0.25) is 0 Å². The van der Waals surface area contributed by atoms with Crippen molar-refractivity contribution in [3.8, 4) is 11.5 Å². The Morgan fingerprint density at radius 3 is 2.59 bits per heavy atom. The number of ether oxygens (including phenoxy) is 2. The van der Waals surface area contributed by atoms with E-state index >= 15 is 0 Å². The zero-order chi connectivity index (χ0) is 22.3. The largest absolute Gasteiger partial charge is 0.486 e. The first-order chi connectivity index (χ1) is 15.5. The van der Waals surface area contributed by atoms with Crippen molar-refractivity contribution < 1.29 is 24.2 Å². The second kappa shape index (κ2) is 7.80. The molecule has 0 spiro atoms. The Hall–Kier alpha value is -3.64. The maximum atomic E-state index is 13.5. The summed E-state index contributed by atoms with van der Waals surface area (Å²) in [4.78, 5) is 28.1. The zero-order valence-corrected chi connectivity index (χ0v) is 17.7. The second-order valence-corrected chi connectivity index (χ2v) is 8.22. The molecule has 6 heteroatoms. The molecule has 0 aromatic heterocycles. The Morgan fingerprint density at radius 2 is 1.78 bits per heavy atom. The molecule has 0 unspecified atom stereocenters. The predicted molar refractivity (Wildman–Crippen MR) is 119 cm³/mol. The van der Waals surface area contributed by atoms with Crippen molar-refractivity contribution in [1.29, 1.82) is 0 Å². The number of benzene rings is 3. The molecule has 0 radical (unpaired) electrons. The van der Waals surface area contributed by atoms with Gasteiger partial charge >= 0.3 is 0 Å². The third kappa shape index (κ3) is 3.42. The average molecular weight is 429 g/mol. The summed E-state index contributed by atoms with van der Waals surface area (Å²) in [5, 5.41) is 11.5. The Morgan fingerprint density at radius 1 is 1.00 bits per heavy atom. The molecule has 1 amide bonds. The number of nitrogens with zero attached hydrogens (tertiary/aromatic N) is 1. The third-order valence-corrected chi connectivity index (χ3v) is 5.94. The van der Waals surface area contributed by atoms with E-state index in [9.17, 15) is 14.7 Å². The first-order valence-electron chi connectivity index (χ1n) is 10.6. The lowest BCUT2D eigenvalue weighted by Crippen LogP contribution is -2.41. The molecule has 0 saturated carbocycles. The molecule has 2 aliphatic heterocycles. The number of rotatable bonds is 5. The maximum absolute atomic E-state index is 13.5. The number of carbonyl (C=O) groups excluding carboxylic acids is 2. The van der Waals surface area contributed by atoms with Crippen molar-refractivity contribution >= 4 is 17.4 Å². The van der Waals surface area contributed by atoms with Crippen molar-refractivity contribution in [2.75, 3.05) is 18.1 Å². The summed E-state index contributed by atoms with van der Waals surface area (Å²) in [6.45, 7) is 3.18. The Labute approximate surface area is 186 Å². The van der Waals surface area contributed by atoms with E-state index in [0.717, 1.165) is 11.1 Å². The number of fused-ring (bicyclic) bond motifs is 2. The molecule has 5 rings (SSSR count). The highest BCUT2D eigenvalue weighted by Gasteiger charge is 2.50. The normalized spacial score (nSPS) is 19.1. The zero-order valence-electron chi connectivity index (χ0n) is 17.7. The van der Waals surface area contributed by atoms with E-state index in [1.54, 1.807) is 41.3 Å². The summed E-state index contributed by atoms with van der Waals surface area (Å²) in [6, 6.07) is 19.9. The molecule has 3 aromatic carbocycles. The lowest BCUT2D eigenvalue weighted by Gasteiger charge is -2.23. The predicted octanol–water partition coefficient (Wildman–Crippen LogP) is 3.77. The van der Waals surface area contributed by atoms with Crippen LogP contribution in [0.4, 0.5) is 5.69 Å². The fourth-order valence-corrected chi connectivity index (χ4v) is 4.38. The van der Waals surface area contributed by atoms with Crippen LogP contribution in [-0.4, -0.2) is 30.0 Å². The summed E-state index contributed by atoms with van der Waals surface area (Å²) in [6.07, 6.45) is -0.354. The average Bonchev–Trinajstić information content (AvgIpc) is 3.01. The summed E-state index contributed by atoms with van der Waals surface area (Å²) < 4.78 is 11.1.